The van der Waals surface area contributed by atoms with Crippen molar-refractivity contribution < 1.29 is 13.9 Å². The number of rotatable bonds is 4. The molecular weight excluding hydrogens is 314 g/mol. The van der Waals surface area contributed by atoms with E-state index in [0.29, 0.717) is 0 Å². The Labute approximate surface area is 119 Å². The highest BCUT2D eigenvalue weighted by atomic mass is 79.9. The summed E-state index contributed by atoms with van der Waals surface area (Å²) in [6.45, 7) is -0.114. The number of halogens is 3. The molecule has 0 spiro atoms. The number of hydrogen-bond acceptors (Lipinski definition) is 1. The first kappa shape index (κ1) is 14.2. The Kier molecular flexibility index (Phi) is 4.66. The van der Waals surface area contributed by atoms with Crippen molar-refractivity contribution >= 4 is 15.9 Å². The largest absolute Gasteiger partial charge is 0.396 e. The Balaban J connectivity index is 2.24. The summed E-state index contributed by atoms with van der Waals surface area (Å²) in [6, 6.07) is 11.6. The summed E-state index contributed by atoms with van der Waals surface area (Å²) in [5.41, 5.74) is 1.18. The van der Waals surface area contributed by atoms with Gasteiger partial charge in [-0.1, -0.05) is 40.2 Å². The van der Waals surface area contributed by atoms with Crippen molar-refractivity contribution in [2.75, 3.05) is 6.61 Å². The fourth-order valence-corrected chi connectivity index (χ4v) is 2.26. The van der Waals surface area contributed by atoms with E-state index in [9.17, 15) is 13.9 Å². The summed E-state index contributed by atoms with van der Waals surface area (Å²) in [7, 11) is 0. The highest BCUT2D eigenvalue weighted by Gasteiger charge is 2.15. The van der Waals surface area contributed by atoms with Crippen molar-refractivity contribution in [2.45, 2.75) is 12.3 Å². The average Bonchev–Trinajstić information content (AvgIpc) is 2.42. The van der Waals surface area contributed by atoms with E-state index in [1.54, 1.807) is 6.07 Å². The molecule has 2 rings (SSSR count). The van der Waals surface area contributed by atoms with Crippen molar-refractivity contribution in [1.82, 2.24) is 0 Å². The molecule has 0 heterocycles. The van der Waals surface area contributed by atoms with Gasteiger partial charge in [-0.25, -0.2) is 8.78 Å². The third kappa shape index (κ3) is 3.39. The van der Waals surface area contributed by atoms with Crippen LogP contribution in [0.15, 0.2) is 46.9 Å². The van der Waals surface area contributed by atoms with Crippen LogP contribution in [0.3, 0.4) is 0 Å². The lowest BCUT2D eigenvalue weighted by Gasteiger charge is -2.15. The number of benzene rings is 2. The third-order valence-electron chi connectivity index (χ3n) is 3.06. The van der Waals surface area contributed by atoms with Crippen molar-refractivity contribution in [1.29, 1.82) is 0 Å². The molecule has 0 aliphatic carbocycles. The van der Waals surface area contributed by atoms with Gasteiger partial charge < -0.3 is 5.11 Å². The zero-order chi connectivity index (χ0) is 13.8. The molecular formula is C15H13BrF2O. The zero-order valence-electron chi connectivity index (χ0n) is 10.1. The Bertz CT molecular complexity index is 555. The van der Waals surface area contributed by atoms with E-state index in [1.807, 2.05) is 24.3 Å². The van der Waals surface area contributed by atoms with Crippen molar-refractivity contribution in [2.24, 2.45) is 0 Å². The van der Waals surface area contributed by atoms with Crippen LogP contribution in [-0.2, 0) is 6.42 Å². The Morgan fingerprint density at radius 1 is 1.05 bits per heavy atom. The van der Waals surface area contributed by atoms with E-state index in [-0.39, 0.29) is 24.5 Å². The van der Waals surface area contributed by atoms with E-state index in [2.05, 4.69) is 15.9 Å². The molecule has 2 aromatic rings. The summed E-state index contributed by atoms with van der Waals surface area (Å²) >= 11 is 3.33. The number of aliphatic hydroxyl groups excluding tert-OH is 1. The minimum atomic E-state index is -0.856. The molecule has 0 bridgehead atoms. The molecule has 1 atom stereocenters. The molecule has 0 aliphatic heterocycles. The Morgan fingerprint density at radius 3 is 2.37 bits per heavy atom. The highest BCUT2D eigenvalue weighted by molar-refractivity contribution is 9.10. The van der Waals surface area contributed by atoms with E-state index in [1.165, 1.54) is 6.07 Å². The lowest BCUT2D eigenvalue weighted by Crippen LogP contribution is -2.09. The van der Waals surface area contributed by atoms with E-state index in [0.717, 1.165) is 16.1 Å². The number of hydrogen-bond donors (Lipinski definition) is 1. The molecule has 0 aromatic heterocycles. The van der Waals surface area contributed by atoms with E-state index < -0.39 is 11.6 Å². The average molecular weight is 327 g/mol. The van der Waals surface area contributed by atoms with Gasteiger partial charge in [0.05, 0.1) is 6.61 Å². The maximum atomic E-state index is 13.6. The second kappa shape index (κ2) is 6.26. The molecule has 1 nitrogen and oxygen atoms in total. The van der Waals surface area contributed by atoms with Gasteiger partial charge in [0.1, 0.15) is 0 Å². The molecule has 0 saturated carbocycles. The molecule has 0 saturated heterocycles. The molecule has 1 N–H and O–H groups in total. The summed E-state index contributed by atoms with van der Waals surface area (Å²) in [5, 5.41) is 9.44. The first-order valence-electron chi connectivity index (χ1n) is 5.91. The second-order valence-corrected chi connectivity index (χ2v) is 5.26. The second-order valence-electron chi connectivity index (χ2n) is 4.35. The van der Waals surface area contributed by atoms with Gasteiger partial charge in [-0.3, -0.25) is 0 Å². The molecule has 4 heteroatoms. The molecule has 100 valence electrons. The van der Waals surface area contributed by atoms with E-state index >= 15 is 0 Å². The van der Waals surface area contributed by atoms with Crippen LogP contribution in [0.5, 0.6) is 0 Å². The topological polar surface area (TPSA) is 20.2 Å². The minimum absolute atomic E-state index is 0.114. The van der Waals surface area contributed by atoms with Gasteiger partial charge in [-0.05, 0) is 35.7 Å². The normalized spacial score (nSPS) is 12.4. The van der Waals surface area contributed by atoms with Crippen LogP contribution in [0.1, 0.15) is 17.0 Å². The quantitative estimate of drug-likeness (QED) is 0.898. The third-order valence-corrected chi connectivity index (χ3v) is 3.59. The Morgan fingerprint density at radius 2 is 1.74 bits per heavy atom. The molecule has 0 amide bonds. The summed E-state index contributed by atoms with van der Waals surface area (Å²) in [5.74, 6) is -1.94. The first-order chi connectivity index (χ1) is 9.11. The monoisotopic (exact) mass is 326 g/mol. The van der Waals surface area contributed by atoms with Crippen LogP contribution >= 0.6 is 15.9 Å². The fraction of sp³-hybridized carbons (Fsp3) is 0.200. The minimum Gasteiger partial charge on any atom is -0.396 e. The lowest BCUT2D eigenvalue weighted by molar-refractivity contribution is 0.263. The van der Waals surface area contributed by atoms with Crippen LogP contribution in [0.4, 0.5) is 8.78 Å². The smallest absolute Gasteiger partial charge is 0.162 e. The van der Waals surface area contributed by atoms with Gasteiger partial charge in [-0.15, -0.1) is 0 Å². The van der Waals surface area contributed by atoms with Crippen molar-refractivity contribution in [3.05, 3.63) is 69.7 Å². The number of aliphatic hydroxyl groups is 1. The van der Waals surface area contributed by atoms with Crippen molar-refractivity contribution in [3.63, 3.8) is 0 Å². The van der Waals surface area contributed by atoms with Gasteiger partial charge in [-0.2, -0.15) is 0 Å². The molecule has 1 unspecified atom stereocenters. The molecule has 19 heavy (non-hydrogen) atoms. The maximum absolute atomic E-state index is 13.6. The van der Waals surface area contributed by atoms with Gasteiger partial charge in [0, 0.05) is 10.4 Å². The Hall–Kier alpha value is -1.26. The van der Waals surface area contributed by atoms with Crippen molar-refractivity contribution in [3.8, 4) is 0 Å². The van der Waals surface area contributed by atoms with Gasteiger partial charge >= 0.3 is 0 Å². The van der Waals surface area contributed by atoms with Crippen LogP contribution in [0.2, 0.25) is 0 Å². The summed E-state index contributed by atoms with van der Waals surface area (Å²) in [6.07, 6.45) is 0.266. The van der Waals surface area contributed by atoms with Crippen LogP contribution in [0, 0.1) is 11.6 Å². The lowest BCUT2D eigenvalue weighted by atomic mass is 9.92. The molecule has 0 aliphatic rings. The van der Waals surface area contributed by atoms with Crippen LogP contribution < -0.4 is 0 Å². The SMILES string of the molecule is OCC(Cc1cccc(F)c1F)c1ccc(Br)cc1. The van der Waals surface area contributed by atoms with E-state index in [4.69, 9.17) is 0 Å². The van der Waals surface area contributed by atoms with Gasteiger partial charge in [0.2, 0.25) is 0 Å². The summed E-state index contributed by atoms with van der Waals surface area (Å²) < 4.78 is 27.7. The fourth-order valence-electron chi connectivity index (χ4n) is 1.99. The zero-order valence-corrected chi connectivity index (χ0v) is 11.7. The maximum Gasteiger partial charge on any atom is 0.162 e. The summed E-state index contributed by atoms with van der Waals surface area (Å²) in [4.78, 5) is 0. The molecule has 0 radical (unpaired) electrons. The van der Waals surface area contributed by atoms with Gasteiger partial charge in [0.25, 0.3) is 0 Å². The standard InChI is InChI=1S/C15H13BrF2O/c16-13-6-4-10(5-7-13)12(9-19)8-11-2-1-3-14(17)15(11)18/h1-7,12,19H,8-9H2. The van der Waals surface area contributed by atoms with Gasteiger partial charge in [0.15, 0.2) is 11.6 Å². The molecule has 2 aromatic carbocycles. The van der Waals surface area contributed by atoms with Crippen LogP contribution in [-0.4, -0.2) is 11.7 Å². The highest BCUT2D eigenvalue weighted by Crippen LogP contribution is 2.24. The first-order valence-corrected chi connectivity index (χ1v) is 6.70. The molecule has 0 fully saturated rings. The van der Waals surface area contributed by atoms with Crippen LogP contribution in [0.25, 0.3) is 0 Å². The predicted molar refractivity (Wildman–Crippen MR) is 74.0 cm³/mol. The predicted octanol–water partition coefficient (Wildman–Crippen LogP) is 4.05.